The highest BCUT2D eigenvalue weighted by atomic mass is 35.5. The third-order valence-corrected chi connectivity index (χ3v) is 3.71. The molecule has 5 heteroatoms. The number of benzene rings is 1. The van der Waals surface area contributed by atoms with Crippen LogP contribution in [0.15, 0.2) is 18.2 Å². The maximum atomic E-state index is 10.2. The minimum Gasteiger partial charge on any atom is -0.496 e. The highest BCUT2D eigenvalue weighted by Crippen LogP contribution is 2.28. The van der Waals surface area contributed by atoms with E-state index in [1.165, 1.54) is 0 Å². The molecule has 2 rings (SSSR count). The number of hydrogen-bond acceptors (Lipinski definition) is 4. The molecule has 1 fully saturated rings. The predicted molar refractivity (Wildman–Crippen MR) is 74.8 cm³/mol. The van der Waals surface area contributed by atoms with E-state index in [-0.39, 0.29) is 6.04 Å². The molecule has 2 N–H and O–H groups in total. The van der Waals surface area contributed by atoms with Gasteiger partial charge in [-0.25, -0.2) is 0 Å². The number of aliphatic hydroxyl groups is 1. The van der Waals surface area contributed by atoms with Crippen molar-refractivity contribution in [2.45, 2.75) is 25.0 Å². The van der Waals surface area contributed by atoms with Crippen molar-refractivity contribution in [3.63, 3.8) is 0 Å². The van der Waals surface area contributed by atoms with Gasteiger partial charge in [0.2, 0.25) is 0 Å². The van der Waals surface area contributed by atoms with E-state index in [1.54, 1.807) is 13.2 Å². The van der Waals surface area contributed by atoms with Crippen molar-refractivity contribution in [1.82, 2.24) is 5.32 Å². The highest BCUT2D eigenvalue weighted by Gasteiger charge is 2.32. The molecule has 0 radical (unpaired) electrons. The fourth-order valence-corrected chi connectivity index (χ4v) is 2.41. The molecule has 1 aliphatic heterocycles. The van der Waals surface area contributed by atoms with Crippen LogP contribution in [0.5, 0.6) is 5.75 Å². The molecule has 0 amide bonds. The van der Waals surface area contributed by atoms with Crippen LogP contribution in [0.3, 0.4) is 0 Å². The average Bonchev–Trinajstić information content (AvgIpc) is 2.83. The third kappa shape index (κ3) is 3.60. The molecule has 0 spiro atoms. The van der Waals surface area contributed by atoms with E-state index in [4.69, 9.17) is 21.1 Å². The zero-order valence-corrected chi connectivity index (χ0v) is 12.0. The summed E-state index contributed by atoms with van der Waals surface area (Å²) in [5.41, 5.74) is 0.220. The van der Waals surface area contributed by atoms with Crippen molar-refractivity contribution in [2.24, 2.45) is 0 Å². The van der Waals surface area contributed by atoms with Crippen molar-refractivity contribution >= 4 is 11.6 Å². The van der Waals surface area contributed by atoms with Gasteiger partial charge in [0.15, 0.2) is 0 Å². The Morgan fingerprint density at radius 1 is 1.58 bits per heavy atom. The Balaban J connectivity index is 2.03. The maximum Gasteiger partial charge on any atom is 0.123 e. The molecule has 1 saturated heterocycles. The number of halogens is 1. The fraction of sp³-hybridized carbons (Fsp3) is 0.571. The number of rotatable bonds is 5. The van der Waals surface area contributed by atoms with E-state index < -0.39 is 5.60 Å². The SMILES string of the molecule is COc1ccc(Cl)cc1[C@@H](C)NC[C@]1(O)CCOC1. The van der Waals surface area contributed by atoms with Gasteiger partial charge in [0.05, 0.1) is 13.7 Å². The van der Waals surface area contributed by atoms with Gasteiger partial charge in [0.25, 0.3) is 0 Å². The van der Waals surface area contributed by atoms with Gasteiger partial charge in [-0.05, 0) is 25.1 Å². The second-order valence-corrected chi connectivity index (χ2v) is 5.45. The molecular formula is C14H20ClNO3. The highest BCUT2D eigenvalue weighted by molar-refractivity contribution is 6.30. The maximum absolute atomic E-state index is 10.2. The predicted octanol–water partition coefficient (Wildman–Crippen LogP) is 2.15. The zero-order valence-electron chi connectivity index (χ0n) is 11.3. The molecule has 0 unspecified atom stereocenters. The summed E-state index contributed by atoms with van der Waals surface area (Å²) in [4.78, 5) is 0. The Kier molecular flexibility index (Phi) is 4.68. The van der Waals surface area contributed by atoms with Crippen LogP contribution in [0.25, 0.3) is 0 Å². The number of nitrogens with one attached hydrogen (secondary N) is 1. The third-order valence-electron chi connectivity index (χ3n) is 3.48. The van der Waals surface area contributed by atoms with Crippen LogP contribution < -0.4 is 10.1 Å². The van der Waals surface area contributed by atoms with Crippen molar-refractivity contribution in [1.29, 1.82) is 0 Å². The molecular weight excluding hydrogens is 266 g/mol. The lowest BCUT2D eigenvalue weighted by Crippen LogP contribution is -2.41. The summed E-state index contributed by atoms with van der Waals surface area (Å²) >= 11 is 6.02. The lowest BCUT2D eigenvalue weighted by atomic mass is 10.0. The molecule has 1 aromatic carbocycles. The van der Waals surface area contributed by atoms with Gasteiger partial charge in [-0.3, -0.25) is 0 Å². The van der Waals surface area contributed by atoms with Crippen LogP contribution in [0.1, 0.15) is 24.9 Å². The molecule has 1 aromatic rings. The molecule has 0 aliphatic carbocycles. The average molecular weight is 286 g/mol. The summed E-state index contributed by atoms with van der Waals surface area (Å²) in [5, 5.41) is 14.2. The summed E-state index contributed by atoms with van der Waals surface area (Å²) in [5.74, 6) is 0.791. The van der Waals surface area contributed by atoms with Crippen LogP contribution in [-0.2, 0) is 4.74 Å². The first-order chi connectivity index (χ1) is 9.04. The van der Waals surface area contributed by atoms with Crippen molar-refractivity contribution in [2.75, 3.05) is 26.9 Å². The monoisotopic (exact) mass is 285 g/mol. The van der Waals surface area contributed by atoms with Gasteiger partial charge in [0, 0.05) is 36.2 Å². The molecule has 1 heterocycles. The van der Waals surface area contributed by atoms with E-state index in [0.717, 1.165) is 11.3 Å². The van der Waals surface area contributed by atoms with Crippen molar-refractivity contribution in [3.05, 3.63) is 28.8 Å². The summed E-state index contributed by atoms with van der Waals surface area (Å²) in [6, 6.07) is 5.57. The topological polar surface area (TPSA) is 50.7 Å². The van der Waals surface area contributed by atoms with Gasteiger partial charge in [0.1, 0.15) is 11.4 Å². The second-order valence-electron chi connectivity index (χ2n) is 5.02. The molecule has 2 atom stereocenters. The van der Waals surface area contributed by atoms with Crippen molar-refractivity contribution in [3.8, 4) is 5.75 Å². The Morgan fingerprint density at radius 3 is 3.00 bits per heavy atom. The second kappa shape index (κ2) is 6.09. The van der Waals surface area contributed by atoms with Gasteiger partial charge in [-0.15, -0.1) is 0 Å². The smallest absolute Gasteiger partial charge is 0.123 e. The first kappa shape index (κ1) is 14.6. The normalized spacial score (nSPS) is 24.4. The van der Waals surface area contributed by atoms with Crippen LogP contribution in [0.2, 0.25) is 5.02 Å². The summed E-state index contributed by atoms with van der Waals surface area (Å²) in [6.07, 6.45) is 0.666. The summed E-state index contributed by atoms with van der Waals surface area (Å²) in [6.45, 7) is 3.52. The number of hydrogen-bond donors (Lipinski definition) is 2. The van der Waals surface area contributed by atoms with E-state index >= 15 is 0 Å². The van der Waals surface area contributed by atoms with E-state index in [1.807, 2.05) is 19.1 Å². The summed E-state index contributed by atoms with van der Waals surface area (Å²) < 4.78 is 10.6. The first-order valence-electron chi connectivity index (χ1n) is 6.41. The van der Waals surface area contributed by atoms with Crippen molar-refractivity contribution < 1.29 is 14.6 Å². The lowest BCUT2D eigenvalue weighted by Gasteiger charge is -2.25. The van der Waals surface area contributed by atoms with E-state index in [9.17, 15) is 5.11 Å². The Hall–Kier alpha value is -0.810. The molecule has 0 bridgehead atoms. The summed E-state index contributed by atoms with van der Waals surface area (Å²) in [7, 11) is 1.64. The van der Waals surface area contributed by atoms with Gasteiger partial charge in [-0.2, -0.15) is 0 Å². The van der Waals surface area contributed by atoms with E-state index in [2.05, 4.69) is 5.32 Å². The fourth-order valence-electron chi connectivity index (χ4n) is 2.23. The largest absolute Gasteiger partial charge is 0.496 e. The van der Waals surface area contributed by atoms with Gasteiger partial charge < -0.3 is 19.9 Å². The van der Waals surface area contributed by atoms with Gasteiger partial charge >= 0.3 is 0 Å². The molecule has 0 saturated carbocycles. The number of ether oxygens (including phenoxy) is 2. The first-order valence-corrected chi connectivity index (χ1v) is 6.79. The molecule has 1 aliphatic rings. The zero-order chi connectivity index (χ0) is 13.9. The van der Waals surface area contributed by atoms with Crippen LogP contribution >= 0.6 is 11.6 Å². The number of methoxy groups -OCH3 is 1. The van der Waals surface area contributed by atoms with Crippen LogP contribution in [-0.4, -0.2) is 37.6 Å². The molecule has 4 nitrogen and oxygen atoms in total. The van der Waals surface area contributed by atoms with Crippen LogP contribution in [0.4, 0.5) is 0 Å². The lowest BCUT2D eigenvalue weighted by molar-refractivity contribution is 0.0251. The minimum absolute atomic E-state index is 0.0401. The molecule has 0 aromatic heterocycles. The minimum atomic E-state index is -0.764. The standard InChI is InChI=1S/C14H20ClNO3/c1-10(16-8-14(17)5-6-19-9-14)12-7-11(15)3-4-13(12)18-2/h3-4,7,10,16-17H,5-6,8-9H2,1-2H3/t10-,14-/m1/s1. The Bertz CT molecular complexity index is 433. The van der Waals surface area contributed by atoms with E-state index in [0.29, 0.717) is 31.2 Å². The van der Waals surface area contributed by atoms with Crippen LogP contribution in [0, 0.1) is 0 Å². The molecule has 106 valence electrons. The Labute approximate surface area is 118 Å². The van der Waals surface area contributed by atoms with Gasteiger partial charge in [-0.1, -0.05) is 11.6 Å². The quantitative estimate of drug-likeness (QED) is 0.870. The molecule has 19 heavy (non-hydrogen) atoms. The Morgan fingerprint density at radius 2 is 2.37 bits per heavy atom.